The summed E-state index contributed by atoms with van der Waals surface area (Å²) in [6, 6.07) is 34.6. The Hall–Kier alpha value is -4.39. The Labute approximate surface area is 246 Å². The Morgan fingerprint density at radius 1 is 0.738 bits per heavy atom. The second-order valence-corrected chi connectivity index (χ2v) is 11.4. The lowest BCUT2D eigenvalue weighted by Crippen LogP contribution is -2.46. The van der Waals surface area contributed by atoms with Crippen LogP contribution in [0.15, 0.2) is 115 Å². The lowest BCUT2D eigenvalue weighted by atomic mass is 10.0. The van der Waals surface area contributed by atoms with Crippen molar-refractivity contribution in [2.45, 2.75) is 25.8 Å². The Kier molecular flexibility index (Phi) is 11.3. The fourth-order valence-electron chi connectivity index (χ4n) is 4.19. The lowest BCUT2D eigenvalue weighted by Gasteiger charge is -2.24. The summed E-state index contributed by atoms with van der Waals surface area (Å²) in [5.74, 6) is 0.0178. The fraction of sp³-hybridized carbons (Fsp3) is 0.212. The van der Waals surface area contributed by atoms with Crippen molar-refractivity contribution < 1.29 is 27.9 Å². The third-order valence-electron chi connectivity index (χ3n) is 6.26. The molecule has 1 atom stereocenters. The number of ether oxygens (including phenoxy) is 1. The van der Waals surface area contributed by atoms with Crippen molar-refractivity contribution in [1.29, 1.82) is 0 Å². The zero-order valence-corrected chi connectivity index (χ0v) is 24.4. The van der Waals surface area contributed by atoms with E-state index in [9.17, 15) is 14.2 Å². The van der Waals surface area contributed by atoms with E-state index in [2.05, 4.69) is 10.6 Å². The van der Waals surface area contributed by atoms with Gasteiger partial charge in [0.25, 0.3) is 0 Å². The molecule has 0 saturated heterocycles. The second-order valence-electron chi connectivity index (χ2n) is 9.45. The van der Waals surface area contributed by atoms with Gasteiger partial charge in [-0.05, 0) is 54.3 Å². The minimum absolute atomic E-state index is 0.0464. The molecule has 8 nitrogen and oxygen atoms in total. The highest BCUT2D eigenvalue weighted by Gasteiger charge is 2.31. The first-order chi connectivity index (χ1) is 20.4. The highest BCUT2D eigenvalue weighted by molar-refractivity contribution is 7.54. The number of benzene rings is 4. The first-order valence-electron chi connectivity index (χ1n) is 13.8. The van der Waals surface area contributed by atoms with Crippen LogP contribution in [0.5, 0.6) is 11.5 Å². The number of carbonyl (C=O) groups excluding carboxylic acids is 2. The number of esters is 1. The monoisotopic (exact) mass is 586 g/mol. The molecule has 42 heavy (non-hydrogen) atoms. The van der Waals surface area contributed by atoms with Gasteiger partial charge in [-0.15, -0.1) is 0 Å². The molecule has 0 saturated carbocycles. The number of hydrogen-bond donors (Lipinski definition) is 2. The van der Waals surface area contributed by atoms with Gasteiger partial charge in [-0.3, -0.25) is 14.9 Å². The van der Waals surface area contributed by atoms with Crippen LogP contribution in [0.3, 0.4) is 0 Å². The Morgan fingerprint density at radius 2 is 1.26 bits per heavy atom. The van der Waals surface area contributed by atoms with E-state index >= 15 is 0 Å². The summed E-state index contributed by atoms with van der Waals surface area (Å²) in [7, 11) is -3.83. The van der Waals surface area contributed by atoms with E-state index in [1.165, 1.54) is 0 Å². The third-order valence-corrected chi connectivity index (χ3v) is 7.81. The van der Waals surface area contributed by atoms with E-state index in [0.29, 0.717) is 17.9 Å². The SMILES string of the molecule is CCOC(=O)CCNC(=O)[C@H](Cc1ccc(-c2ccccc2)cc1)NCP(=O)(Oc1ccccc1)Oc1ccccc1. The van der Waals surface area contributed by atoms with Crippen molar-refractivity contribution in [2.75, 3.05) is 19.4 Å². The molecule has 0 heterocycles. The van der Waals surface area contributed by atoms with Crippen LogP contribution in [0.2, 0.25) is 0 Å². The average molecular weight is 587 g/mol. The predicted molar refractivity (Wildman–Crippen MR) is 163 cm³/mol. The minimum Gasteiger partial charge on any atom is -0.466 e. The highest BCUT2D eigenvalue weighted by atomic mass is 31.2. The Morgan fingerprint density at radius 3 is 1.81 bits per heavy atom. The van der Waals surface area contributed by atoms with Crippen LogP contribution in [0.25, 0.3) is 11.1 Å². The van der Waals surface area contributed by atoms with Crippen LogP contribution >= 0.6 is 7.60 Å². The van der Waals surface area contributed by atoms with Crippen molar-refractivity contribution in [3.63, 3.8) is 0 Å². The lowest BCUT2D eigenvalue weighted by molar-refractivity contribution is -0.143. The molecule has 0 aliphatic rings. The topological polar surface area (TPSA) is 103 Å². The molecule has 0 spiro atoms. The molecule has 0 aliphatic heterocycles. The maximum atomic E-state index is 14.0. The van der Waals surface area contributed by atoms with E-state index in [1.54, 1.807) is 55.5 Å². The summed E-state index contributed by atoms with van der Waals surface area (Å²) in [6.45, 7) is 2.11. The number of carbonyl (C=O) groups is 2. The molecule has 4 aromatic rings. The summed E-state index contributed by atoms with van der Waals surface area (Å²) >= 11 is 0. The molecule has 0 fully saturated rings. The van der Waals surface area contributed by atoms with Crippen LogP contribution in [-0.4, -0.2) is 37.4 Å². The van der Waals surface area contributed by atoms with Gasteiger partial charge in [0.05, 0.1) is 19.1 Å². The summed E-state index contributed by atoms with van der Waals surface area (Å²) in [5, 5.41) is 5.91. The van der Waals surface area contributed by atoms with Gasteiger partial charge in [-0.2, -0.15) is 0 Å². The van der Waals surface area contributed by atoms with Gasteiger partial charge in [-0.1, -0.05) is 91.0 Å². The fourth-order valence-corrected chi connectivity index (χ4v) is 5.69. The largest absolute Gasteiger partial charge is 0.466 e. The van der Waals surface area contributed by atoms with Gasteiger partial charge in [0.1, 0.15) is 17.8 Å². The first-order valence-corrected chi connectivity index (χ1v) is 15.6. The number of rotatable bonds is 15. The maximum Gasteiger partial charge on any atom is 0.444 e. The molecule has 4 rings (SSSR count). The molecule has 1 amide bonds. The molecule has 0 radical (unpaired) electrons. The van der Waals surface area contributed by atoms with E-state index in [0.717, 1.165) is 16.7 Å². The second kappa shape index (κ2) is 15.6. The quantitative estimate of drug-likeness (QED) is 0.126. The third kappa shape index (κ3) is 9.61. The summed E-state index contributed by atoms with van der Waals surface area (Å²) < 4.78 is 30.7. The maximum absolute atomic E-state index is 14.0. The molecule has 4 aromatic carbocycles. The average Bonchev–Trinajstić information content (AvgIpc) is 3.01. The van der Waals surface area contributed by atoms with Gasteiger partial charge in [0.2, 0.25) is 5.91 Å². The Bertz CT molecular complexity index is 1410. The zero-order chi connectivity index (χ0) is 29.6. The van der Waals surface area contributed by atoms with E-state index in [1.807, 2.05) is 66.7 Å². The smallest absolute Gasteiger partial charge is 0.444 e. The van der Waals surface area contributed by atoms with Gasteiger partial charge in [0.15, 0.2) is 0 Å². The first kappa shape index (κ1) is 30.6. The molecule has 0 aromatic heterocycles. The van der Waals surface area contributed by atoms with Crippen LogP contribution in [-0.2, 0) is 25.3 Å². The highest BCUT2D eigenvalue weighted by Crippen LogP contribution is 2.47. The standard InChI is InChI=1S/C33H35N2O6P/c1-2-39-32(36)22-23-34-33(37)31(24-26-18-20-28(21-19-26)27-12-6-3-7-13-27)35-25-42(38,40-29-14-8-4-9-15-29)41-30-16-10-5-11-17-30/h3-21,31,35H,2,22-25H2,1H3,(H,34,37)/t31-/m0/s1. The van der Waals surface area contributed by atoms with Crippen molar-refractivity contribution >= 4 is 19.5 Å². The Balaban J connectivity index is 1.51. The zero-order valence-electron chi connectivity index (χ0n) is 23.5. The van der Waals surface area contributed by atoms with Crippen molar-refractivity contribution in [3.8, 4) is 22.6 Å². The summed E-state index contributed by atoms with van der Waals surface area (Å²) in [6.07, 6.45) is 0.108. The van der Waals surface area contributed by atoms with Gasteiger partial charge >= 0.3 is 13.6 Å². The molecule has 9 heteroatoms. The van der Waals surface area contributed by atoms with Crippen LogP contribution in [0.4, 0.5) is 0 Å². The molecule has 0 bridgehead atoms. The van der Waals surface area contributed by atoms with Crippen molar-refractivity contribution in [1.82, 2.24) is 10.6 Å². The molecule has 0 aliphatic carbocycles. The van der Waals surface area contributed by atoms with Crippen LogP contribution < -0.4 is 19.7 Å². The van der Waals surface area contributed by atoms with Crippen molar-refractivity contribution in [3.05, 3.63) is 121 Å². The molecule has 2 N–H and O–H groups in total. The molecule has 218 valence electrons. The summed E-state index contributed by atoms with van der Waals surface area (Å²) in [5.41, 5.74) is 3.04. The van der Waals surface area contributed by atoms with E-state index in [4.69, 9.17) is 13.8 Å². The molecular formula is C33H35N2O6P. The number of para-hydroxylation sites is 2. The summed E-state index contributed by atoms with van der Waals surface area (Å²) in [4.78, 5) is 25.1. The van der Waals surface area contributed by atoms with E-state index in [-0.39, 0.29) is 31.8 Å². The predicted octanol–water partition coefficient (Wildman–Crippen LogP) is 6.23. The number of nitrogens with one attached hydrogen (secondary N) is 2. The minimum atomic E-state index is -3.83. The van der Waals surface area contributed by atoms with Crippen LogP contribution in [0.1, 0.15) is 18.9 Å². The van der Waals surface area contributed by atoms with Gasteiger partial charge < -0.3 is 19.1 Å². The number of amides is 1. The van der Waals surface area contributed by atoms with Gasteiger partial charge in [-0.25, -0.2) is 4.57 Å². The van der Waals surface area contributed by atoms with Gasteiger partial charge in [0, 0.05) is 6.54 Å². The van der Waals surface area contributed by atoms with Crippen LogP contribution in [0, 0.1) is 0 Å². The van der Waals surface area contributed by atoms with Crippen molar-refractivity contribution in [2.24, 2.45) is 0 Å². The molecular weight excluding hydrogens is 551 g/mol. The normalized spacial score (nSPS) is 11.7. The van der Waals surface area contributed by atoms with E-state index < -0.39 is 19.6 Å². The molecule has 0 unspecified atom stereocenters. The number of hydrogen-bond acceptors (Lipinski definition) is 7.